The maximum Gasteiger partial charge on any atom is 1.00 e. The van der Waals surface area contributed by atoms with Crippen LogP contribution in [0, 0.1) is 6.92 Å². The molecule has 0 saturated heterocycles. The summed E-state index contributed by atoms with van der Waals surface area (Å²) in [4.78, 5) is 12.6. The smallest absolute Gasteiger partial charge is 1.00 e. The molecule has 23 heavy (non-hydrogen) atoms. The van der Waals surface area contributed by atoms with Gasteiger partial charge in [0.05, 0.1) is 24.3 Å². The summed E-state index contributed by atoms with van der Waals surface area (Å²) < 4.78 is 10.7. The Labute approximate surface area is 157 Å². The van der Waals surface area contributed by atoms with Crippen molar-refractivity contribution >= 4 is 31.0 Å². The van der Waals surface area contributed by atoms with E-state index in [0.29, 0.717) is 22.9 Å². The Morgan fingerprint density at radius 3 is 2.65 bits per heavy atom. The van der Waals surface area contributed by atoms with E-state index in [-0.39, 0.29) is 34.4 Å². The van der Waals surface area contributed by atoms with E-state index < -0.39 is 0 Å². The third kappa shape index (κ3) is 5.00. The number of carbonyl (C=O) groups excluding carboxylic acids is 1. The van der Waals surface area contributed by atoms with E-state index in [4.69, 9.17) is 21.1 Å². The van der Waals surface area contributed by atoms with Gasteiger partial charge in [-0.25, -0.2) is 0 Å². The third-order valence-electron chi connectivity index (χ3n) is 3.18. The van der Waals surface area contributed by atoms with Crippen molar-refractivity contribution < 1.29 is 34.6 Å². The Morgan fingerprint density at radius 1 is 1.30 bits per heavy atom. The summed E-state index contributed by atoms with van der Waals surface area (Å²) in [5, 5.41) is 1.40. The number of ether oxygens (including phenoxy) is 2. The van der Waals surface area contributed by atoms with Crippen molar-refractivity contribution in [1.82, 2.24) is 0 Å². The van der Waals surface area contributed by atoms with E-state index in [1.165, 1.54) is 7.11 Å². The number of methoxy groups -OCH3 is 1. The molecule has 0 amide bonds. The van der Waals surface area contributed by atoms with Crippen LogP contribution in [-0.2, 0) is 0 Å². The van der Waals surface area contributed by atoms with E-state index >= 15 is 0 Å². The SMILES string of the molecule is CCOc1ccc(PC(=O)c2c(Cl)cccc2OC)c(C)c1.[H-].[Li+]. The number of halogens is 1. The van der Waals surface area contributed by atoms with Crippen LogP contribution in [0.2, 0.25) is 5.02 Å². The molecule has 0 fully saturated rings. The zero-order valence-electron chi connectivity index (χ0n) is 14.8. The van der Waals surface area contributed by atoms with E-state index in [2.05, 4.69) is 0 Å². The molecule has 118 valence electrons. The largest absolute Gasteiger partial charge is 1.00 e. The third-order valence-corrected chi connectivity index (χ3v) is 4.80. The number of rotatable bonds is 6. The summed E-state index contributed by atoms with van der Waals surface area (Å²) in [6, 6.07) is 11.0. The van der Waals surface area contributed by atoms with Crippen LogP contribution < -0.4 is 33.6 Å². The summed E-state index contributed by atoms with van der Waals surface area (Å²) in [5.74, 6) is 1.32. The number of benzene rings is 2. The number of hydrogen-bond donors (Lipinski definition) is 0. The number of aryl methyl sites for hydroxylation is 1. The molecular formula is C17H19ClLiO3P. The van der Waals surface area contributed by atoms with Crippen LogP contribution >= 0.6 is 20.2 Å². The van der Waals surface area contributed by atoms with E-state index in [1.54, 1.807) is 18.2 Å². The van der Waals surface area contributed by atoms with Gasteiger partial charge in [0.1, 0.15) is 11.5 Å². The standard InChI is InChI=1S/C17H18ClO3P.Li.H/c1-4-21-12-8-9-15(11(2)10-12)22-17(19)16-13(18)6-5-7-14(16)20-3;;/h5-10,22H,4H2,1-3H3;;/q;+1;-1. The second-order valence-electron chi connectivity index (χ2n) is 4.68. The fourth-order valence-corrected chi connectivity index (χ4v) is 3.51. The maximum atomic E-state index is 12.6. The fraction of sp³-hybridized carbons (Fsp3) is 0.235. The maximum absolute atomic E-state index is 12.6. The zero-order chi connectivity index (χ0) is 16.1. The molecule has 0 aromatic heterocycles. The molecule has 2 aromatic carbocycles. The van der Waals surface area contributed by atoms with Crippen molar-refractivity contribution in [3.8, 4) is 11.5 Å². The van der Waals surface area contributed by atoms with Crippen molar-refractivity contribution in [3.05, 3.63) is 52.5 Å². The molecule has 1 unspecified atom stereocenters. The van der Waals surface area contributed by atoms with Crippen molar-refractivity contribution in [2.24, 2.45) is 0 Å². The van der Waals surface area contributed by atoms with Crippen LogP contribution in [0.4, 0.5) is 0 Å². The van der Waals surface area contributed by atoms with Crippen LogP contribution in [-0.4, -0.2) is 19.2 Å². The normalized spacial score (nSPS) is 10.4. The fourth-order valence-electron chi connectivity index (χ4n) is 2.11. The minimum atomic E-state index is -0.0327. The second kappa shape index (κ2) is 9.35. The molecule has 2 aromatic rings. The van der Waals surface area contributed by atoms with Crippen molar-refractivity contribution in [2.45, 2.75) is 13.8 Å². The summed E-state index contributed by atoms with van der Waals surface area (Å²) in [7, 11) is 1.53. The van der Waals surface area contributed by atoms with Gasteiger partial charge in [-0.2, -0.15) is 0 Å². The molecule has 6 heteroatoms. The molecule has 0 radical (unpaired) electrons. The minimum absolute atomic E-state index is 0. The quantitative estimate of drug-likeness (QED) is 0.585. The Morgan fingerprint density at radius 2 is 2.04 bits per heavy atom. The molecule has 0 aliphatic heterocycles. The molecule has 0 bridgehead atoms. The summed E-state index contributed by atoms with van der Waals surface area (Å²) in [6.45, 7) is 4.54. The molecule has 0 spiro atoms. The van der Waals surface area contributed by atoms with Crippen LogP contribution in [0.25, 0.3) is 0 Å². The molecule has 0 aliphatic carbocycles. The summed E-state index contributed by atoms with van der Waals surface area (Å²) >= 11 is 6.16. The first-order chi connectivity index (χ1) is 10.6. The molecule has 1 atom stereocenters. The predicted molar refractivity (Wildman–Crippen MR) is 93.7 cm³/mol. The molecule has 0 aliphatic rings. The van der Waals surface area contributed by atoms with Crippen molar-refractivity contribution in [2.75, 3.05) is 13.7 Å². The number of carbonyl (C=O) groups is 1. The van der Waals surface area contributed by atoms with Gasteiger partial charge in [-0.15, -0.1) is 0 Å². The Bertz CT molecular complexity index is 698. The Kier molecular flexibility index (Phi) is 8.16. The van der Waals surface area contributed by atoms with Gasteiger partial charge in [0, 0.05) is 0 Å². The van der Waals surface area contributed by atoms with Gasteiger partial charge < -0.3 is 10.9 Å². The molecule has 3 nitrogen and oxygen atoms in total. The molecule has 0 N–H and O–H groups in total. The van der Waals surface area contributed by atoms with E-state index in [1.807, 2.05) is 32.0 Å². The molecular weight excluding hydrogens is 326 g/mol. The topological polar surface area (TPSA) is 35.5 Å². The first-order valence-electron chi connectivity index (χ1n) is 6.94. The minimum Gasteiger partial charge on any atom is -1.00 e. The molecule has 0 saturated carbocycles. The first-order valence-corrected chi connectivity index (χ1v) is 8.32. The van der Waals surface area contributed by atoms with Crippen molar-refractivity contribution in [1.29, 1.82) is 0 Å². The number of hydrogen-bond acceptors (Lipinski definition) is 3. The first kappa shape index (κ1) is 20.1. The summed E-state index contributed by atoms with van der Waals surface area (Å²) in [5.41, 5.74) is 1.44. The van der Waals surface area contributed by atoms with E-state index in [0.717, 1.165) is 16.6 Å². The zero-order valence-corrected chi connectivity index (χ0v) is 15.5. The van der Waals surface area contributed by atoms with Crippen LogP contribution in [0.15, 0.2) is 36.4 Å². The predicted octanol–water partition coefficient (Wildman–Crippen LogP) is 1.32. The summed E-state index contributed by atoms with van der Waals surface area (Å²) in [6.07, 6.45) is 0. The van der Waals surface area contributed by atoms with Gasteiger partial charge in [-0.05, 0) is 57.6 Å². The Hall–Kier alpha value is -0.973. The molecule has 2 rings (SSSR count). The van der Waals surface area contributed by atoms with E-state index in [9.17, 15) is 4.79 Å². The average molecular weight is 345 g/mol. The van der Waals surface area contributed by atoms with Gasteiger partial charge >= 0.3 is 18.9 Å². The van der Waals surface area contributed by atoms with Gasteiger partial charge in [-0.3, -0.25) is 4.79 Å². The van der Waals surface area contributed by atoms with Crippen LogP contribution in [0.3, 0.4) is 0 Å². The van der Waals surface area contributed by atoms with Gasteiger partial charge in [0.2, 0.25) is 0 Å². The average Bonchev–Trinajstić information content (AvgIpc) is 2.49. The van der Waals surface area contributed by atoms with Gasteiger partial charge in [-0.1, -0.05) is 23.7 Å². The molecule has 0 heterocycles. The van der Waals surface area contributed by atoms with Gasteiger partial charge in [0.25, 0.3) is 0 Å². The monoisotopic (exact) mass is 344 g/mol. The van der Waals surface area contributed by atoms with Crippen LogP contribution in [0.5, 0.6) is 11.5 Å². The van der Waals surface area contributed by atoms with Gasteiger partial charge in [0.15, 0.2) is 5.52 Å². The Balaban J connectivity index is 0.00000264. The second-order valence-corrected chi connectivity index (χ2v) is 6.33. The van der Waals surface area contributed by atoms with Crippen LogP contribution in [0.1, 0.15) is 24.3 Å². The van der Waals surface area contributed by atoms with Crippen molar-refractivity contribution in [3.63, 3.8) is 0 Å².